The van der Waals surface area contributed by atoms with E-state index in [1.807, 2.05) is 6.92 Å². The van der Waals surface area contributed by atoms with Crippen LogP contribution in [-0.4, -0.2) is 24.4 Å². The minimum atomic E-state index is -0.880. The summed E-state index contributed by atoms with van der Waals surface area (Å²) >= 11 is 5.95. The molecule has 5 nitrogen and oxygen atoms in total. The highest BCUT2D eigenvalue weighted by Gasteiger charge is 2.38. The second-order valence-corrected chi connectivity index (χ2v) is 6.17. The maximum Gasteiger partial charge on any atom is 0.339 e. The van der Waals surface area contributed by atoms with Gasteiger partial charge in [0.25, 0.3) is 11.8 Å². The van der Waals surface area contributed by atoms with Crippen LogP contribution in [0.2, 0.25) is 5.02 Å². The molecule has 2 amide bonds. The van der Waals surface area contributed by atoms with Crippen LogP contribution in [0.1, 0.15) is 50.8 Å². The molecule has 0 aromatic heterocycles. The average molecular weight is 376 g/mol. The van der Waals surface area contributed by atoms with Gasteiger partial charge in [-0.1, -0.05) is 37.1 Å². The van der Waals surface area contributed by atoms with Crippen LogP contribution in [0.4, 0.5) is 10.1 Å². The number of benzene rings is 2. The van der Waals surface area contributed by atoms with Crippen molar-refractivity contribution in [2.24, 2.45) is 0 Å². The lowest BCUT2D eigenvalue weighted by molar-refractivity contribution is 0.0499. The summed E-state index contributed by atoms with van der Waals surface area (Å²) in [6.45, 7) is 2.14. The fourth-order valence-electron chi connectivity index (χ4n) is 2.66. The number of imide groups is 1. The van der Waals surface area contributed by atoms with Crippen LogP contribution in [0.3, 0.4) is 0 Å². The highest BCUT2D eigenvalue weighted by molar-refractivity contribution is 6.36. The Morgan fingerprint density at radius 2 is 1.77 bits per heavy atom. The van der Waals surface area contributed by atoms with Crippen LogP contribution in [0.25, 0.3) is 0 Å². The summed E-state index contributed by atoms with van der Waals surface area (Å²) in [4.78, 5) is 37.9. The van der Waals surface area contributed by atoms with E-state index < -0.39 is 23.6 Å². The number of amides is 2. The molecule has 7 heteroatoms. The quantitative estimate of drug-likeness (QED) is 0.445. The van der Waals surface area contributed by atoms with Crippen molar-refractivity contribution in [3.8, 4) is 0 Å². The maximum atomic E-state index is 14.4. The smallest absolute Gasteiger partial charge is 0.339 e. The van der Waals surface area contributed by atoms with Gasteiger partial charge in [0, 0.05) is 0 Å². The highest BCUT2D eigenvalue weighted by Crippen LogP contribution is 2.33. The molecule has 0 aliphatic carbocycles. The van der Waals surface area contributed by atoms with Crippen molar-refractivity contribution in [3.05, 3.63) is 63.9 Å². The molecule has 3 rings (SSSR count). The molecule has 1 heterocycles. The van der Waals surface area contributed by atoms with Crippen molar-refractivity contribution < 1.29 is 23.5 Å². The number of ether oxygens (including phenoxy) is 1. The Labute approximate surface area is 154 Å². The molecule has 0 N–H and O–H groups in total. The van der Waals surface area contributed by atoms with Gasteiger partial charge in [0.1, 0.15) is 5.82 Å². The molecular weight excluding hydrogens is 361 g/mol. The summed E-state index contributed by atoms with van der Waals surface area (Å²) in [5.74, 6) is -2.93. The summed E-state index contributed by atoms with van der Waals surface area (Å²) in [6, 6.07) is 8.18. The summed E-state index contributed by atoms with van der Waals surface area (Å²) in [7, 11) is 0. The molecule has 0 unspecified atom stereocenters. The van der Waals surface area contributed by atoms with Crippen LogP contribution < -0.4 is 4.90 Å². The maximum absolute atomic E-state index is 14.4. The van der Waals surface area contributed by atoms with Gasteiger partial charge in [-0.05, 0) is 30.7 Å². The minimum Gasteiger partial charge on any atom is -0.462 e. The Morgan fingerprint density at radius 1 is 1.15 bits per heavy atom. The average Bonchev–Trinajstić information content (AvgIpc) is 2.87. The second-order valence-electron chi connectivity index (χ2n) is 5.76. The zero-order valence-corrected chi connectivity index (χ0v) is 14.7. The van der Waals surface area contributed by atoms with Crippen LogP contribution in [0, 0.1) is 5.82 Å². The number of anilines is 1. The van der Waals surface area contributed by atoms with Gasteiger partial charge < -0.3 is 4.74 Å². The Balaban J connectivity index is 1.99. The number of unbranched alkanes of at least 4 members (excludes halogenated alkanes) is 1. The van der Waals surface area contributed by atoms with E-state index in [4.69, 9.17) is 16.3 Å². The zero-order valence-electron chi connectivity index (χ0n) is 13.9. The van der Waals surface area contributed by atoms with Crippen molar-refractivity contribution in [1.82, 2.24) is 0 Å². The third-order valence-corrected chi connectivity index (χ3v) is 4.34. The van der Waals surface area contributed by atoms with E-state index in [0.717, 1.165) is 18.6 Å². The van der Waals surface area contributed by atoms with Gasteiger partial charge in [0.05, 0.1) is 34.0 Å². The molecule has 1 aliphatic heterocycles. The Bertz CT molecular complexity index is 877. The fourth-order valence-corrected chi connectivity index (χ4v) is 2.89. The Hall–Kier alpha value is -2.73. The van der Waals surface area contributed by atoms with Gasteiger partial charge in [-0.2, -0.15) is 0 Å². The Morgan fingerprint density at radius 3 is 2.35 bits per heavy atom. The van der Waals surface area contributed by atoms with Crippen LogP contribution in [-0.2, 0) is 4.74 Å². The molecule has 0 spiro atoms. The van der Waals surface area contributed by atoms with Gasteiger partial charge in [-0.25, -0.2) is 14.1 Å². The van der Waals surface area contributed by atoms with E-state index in [9.17, 15) is 18.8 Å². The fraction of sp³-hybridized carbons (Fsp3) is 0.211. The van der Waals surface area contributed by atoms with Crippen molar-refractivity contribution >= 4 is 35.1 Å². The zero-order chi connectivity index (χ0) is 18.8. The number of rotatable bonds is 5. The third-order valence-electron chi connectivity index (χ3n) is 4.02. The lowest BCUT2D eigenvalue weighted by Crippen LogP contribution is -2.30. The van der Waals surface area contributed by atoms with Crippen molar-refractivity contribution in [2.75, 3.05) is 11.5 Å². The van der Waals surface area contributed by atoms with E-state index >= 15 is 0 Å². The third kappa shape index (κ3) is 3.08. The monoisotopic (exact) mass is 375 g/mol. The predicted molar refractivity (Wildman–Crippen MR) is 94.2 cm³/mol. The van der Waals surface area contributed by atoms with Crippen LogP contribution in [0.15, 0.2) is 36.4 Å². The molecule has 0 atom stereocenters. The Kier molecular flexibility index (Phi) is 5.04. The molecule has 26 heavy (non-hydrogen) atoms. The molecule has 1 aliphatic rings. The summed E-state index contributed by atoms with van der Waals surface area (Å²) in [6.07, 6.45) is 1.51. The summed E-state index contributed by atoms with van der Waals surface area (Å²) in [5, 5.41) is -0.149. The topological polar surface area (TPSA) is 63.7 Å². The van der Waals surface area contributed by atoms with Crippen molar-refractivity contribution in [2.45, 2.75) is 19.8 Å². The highest BCUT2D eigenvalue weighted by atomic mass is 35.5. The van der Waals surface area contributed by atoms with Gasteiger partial charge in [0.15, 0.2) is 0 Å². The van der Waals surface area contributed by atoms with Crippen molar-refractivity contribution in [1.29, 1.82) is 0 Å². The van der Waals surface area contributed by atoms with Crippen molar-refractivity contribution in [3.63, 3.8) is 0 Å². The first kappa shape index (κ1) is 18.1. The molecule has 0 fully saturated rings. The number of hydrogen-bond acceptors (Lipinski definition) is 4. The van der Waals surface area contributed by atoms with E-state index in [2.05, 4.69) is 0 Å². The number of halogens is 2. The summed E-state index contributed by atoms with van der Waals surface area (Å²) in [5.41, 5.74) is -0.0726. The molecule has 2 aromatic carbocycles. The van der Waals surface area contributed by atoms with E-state index in [1.165, 1.54) is 12.1 Å². The normalized spacial score (nSPS) is 13.1. The van der Waals surface area contributed by atoms with Gasteiger partial charge in [0.2, 0.25) is 0 Å². The lowest BCUT2D eigenvalue weighted by Gasteiger charge is -2.16. The van der Waals surface area contributed by atoms with Crippen LogP contribution in [0.5, 0.6) is 0 Å². The molecule has 2 aromatic rings. The SMILES string of the molecule is CCCCOC(=O)c1cc(N2C(=O)c3ccccc3C2=O)c(F)cc1Cl. The molecule has 0 radical (unpaired) electrons. The molecular formula is C19H15ClFNO4. The standard InChI is InChI=1S/C19H15ClFNO4/c1-2-3-8-26-19(25)13-9-16(15(21)10-14(13)20)22-17(23)11-6-4-5-7-12(11)18(22)24/h4-7,9-10H,2-3,8H2,1H3. The lowest BCUT2D eigenvalue weighted by atomic mass is 10.1. The molecule has 0 saturated carbocycles. The van der Waals surface area contributed by atoms with Gasteiger partial charge >= 0.3 is 5.97 Å². The number of fused-ring (bicyclic) bond motifs is 1. The molecule has 0 bridgehead atoms. The van der Waals surface area contributed by atoms with E-state index in [0.29, 0.717) is 11.3 Å². The number of hydrogen-bond donors (Lipinski definition) is 0. The molecule has 134 valence electrons. The number of carbonyl (C=O) groups excluding carboxylic acids is 3. The largest absolute Gasteiger partial charge is 0.462 e. The summed E-state index contributed by atoms with van der Waals surface area (Å²) < 4.78 is 19.5. The number of carbonyl (C=O) groups is 3. The molecule has 0 saturated heterocycles. The van der Waals surface area contributed by atoms with E-state index in [1.54, 1.807) is 12.1 Å². The first-order chi connectivity index (χ1) is 12.5. The number of esters is 1. The van der Waals surface area contributed by atoms with Crippen LogP contribution >= 0.6 is 11.6 Å². The van der Waals surface area contributed by atoms with E-state index in [-0.39, 0.29) is 34.0 Å². The predicted octanol–water partition coefficient (Wildman–Crippen LogP) is 4.24. The van der Waals surface area contributed by atoms with Gasteiger partial charge in [-0.15, -0.1) is 0 Å². The number of nitrogens with zero attached hydrogens (tertiary/aromatic N) is 1. The first-order valence-corrected chi connectivity index (χ1v) is 8.47. The first-order valence-electron chi connectivity index (χ1n) is 8.09. The minimum absolute atomic E-state index is 0.101. The van der Waals surface area contributed by atoms with Gasteiger partial charge in [-0.3, -0.25) is 9.59 Å². The second kappa shape index (κ2) is 7.25.